The lowest BCUT2D eigenvalue weighted by atomic mass is 10.1. The van der Waals surface area contributed by atoms with Gasteiger partial charge in [0, 0.05) is 44.4 Å². The first-order chi connectivity index (χ1) is 12.6. The third-order valence-corrected chi connectivity index (χ3v) is 5.09. The Labute approximate surface area is 158 Å². The number of benzene rings is 2. The van der Waals surface area contributed by atoms with Crippen LogP contribution in [0.3, 0.4) is 0 Å². The maximum absolute atomic E-state index is 13.1. The third-order valence-electron chi connectivity index (χ3n) is 4.81. The monoisotopic (exact) mass is 372 g/mol. The molecule has 0 N–H and O–H groups in total. The highest BCUT2D eigenvalue weighted by molar-refractivity contribution is 6.32. The predicted octanol–water partition coefficient (Wildman–Crippen LogP) is 3.59. The number of nitrogens with zero attached hydrogens (tertiary/aromatic N) is 2. The number of rotatable bonds is 1. The summed E-state index contributed by atoms with van der Waals surface area (Å²) in [7, 11) is 2.05. The van der Waals surface area contributed by atoms with Gasteiger partial charge in [0.05, 0.1) is 18.2 Å². The highest BCUT2D eigenvalue weighted by Gasteiger charge is 2.25. The van der Waals surface area contributed by atoms with E-state index >= 15 is 0 Å². The lowest BCUT2D eigenvalue weighted by molar-refractivity contribution is 0.0751. The number of para-hydroxylation sites is 1. The Morgan fingerprint density at radius 1 is 1.12 bits per heavy atom. The van der Waals surface area contributed by atoms with Crippen LogP contribution < -0.4 is 14.4 Å². The van der Waals surface area contributed by atoms with Crippen LogP contribution >= 0.6 is 11.6 Å². The number of carbonyl (C=O) groups is 1. The molecule has 4 rings (SSSR count). The van der Waals surface area contributed by atoms with E-state index in [9.17, 15) is 4.79 Å². The van der Waals surface area contributed by atoms with Crippen LogP contribution in [0.1, 0.15) is 22.3 Å². The molecule has 2 aliphatic rings. The highest BCUT2D eigenvalue weighted by atomic mass is 35.5. The fourth-order valence-corrected chi connectivity index (χ4v) is 3.67. The van der Waals surface area contributed by atoms with E-state index in [0.29, 0.717) is 48.4 Å². The molecule has 0 bridgehead atoms. The summed E-state index contributed by atoms with van der Waals surface area (Å²) in [5.41, 5.74) is 2.84. The van der Waals surface area contributed by atoms with Crippen molar-refractivity contribution in [3.05, 3.63) is 52.5 Å². The van der Waals surface area contributed by atoms with Crippen molar-refractivity contribution in [1.29, 1.82) is 0 Å². The standard InChI is InChI=1S/C20H21ClN2O3/c1-22-7-8-23(13-14-5-2-3-6-17(14)22)20(24)15-11-16(21)19-18(12-15)25-9-4-10-26-19/h2-3,5-6,11-12H,4,7-10,13H2,1H3. The van der Waals surface area contributed by atoms with Crippen molar-refractivity contribution >= 4 is 23.2 Å². The van der Waals surface area contributed by atoms with Crippen LogP contribution in [-0.4, -0.2) is 44.2 Å². The topological polar surface area (TPSA) is 42.0 Å². The molecule has 0 saturated carbocycles. The molecule has 0 aliphatic carbocycles. The molecule has 5 nitrogen and oxygen atoms in total. The molecule has 0 spiro atoms. The Balaban J connectivity index is 1.64. The molecule has 0 saturated heterocycles. The third kappa shape index (κ3) is 3.19. The first-order valence-corrected chi connectivity index (χ1v) is 9.19. The number of halogens is 1. The molecule has 2 aromatic carbocycles. The van der Waals surface area contributed by atoms with Crippen LogP contribution in [0.2, 0.25) is 5.02 Å². The summed E-state index contributed by atoms with van der Waals surface area (Å²) in [5.74, 6) is 1.03. The van der Waals surface area contributed by atoms with Gasteiger partial charge >= 0.3 is 0 Å². The maximum Gasteiger partial charge on any atom is 0.254 e. The molecule has 136 valence electrons. The Morgan fingerprint density at radius 3 is 2.81 bits per heavy atom. The summed E-state index contributed by atoms with van der Waals surface area (Å²) >= 11 is 6.36. The van der Waals surface area contributed by atoms with Crippen molar-refractivity contribution in [3.63, 3.8) is 0 Å². The van der Waals surface area contributed by atoms with Gasteiger partial charge in [0.2, 0.25) is 0 Å². The van der Waals surface area contributed by atoms with Gasteiger partial charge in [0.1, 0.15) is 0 Å². The molecule has 2 aliphatic heterocycles. The summed E-state index contributed by atoms with van der Waals surface area (Å²) in [6, 6.07) is 11.6. The number of fused-ring (bicyclic) bond motifs is 2. The molecular formula is C20H21ClN2O3. The zero-order valence-corrected chi connectivity index (χ0v) is 15.5. The van der Waals surface area contributed by atoms with Gasteiger partial charge in [-0.15, -0.1) is 0 Å². The number of ether oxygens (including phenoxy) is 2. The normalized spacial score (nSPS) is 16.5. The summed E-state index contributed by atoms with van der Waals surface area (Å²) in [5, 5.41) is 0.417. The quantitative estimate of drug-likeness (QED) is 0.767. The molecule has 2 aromatic rings. The molecule has 6 heteroatoms. The maximum atomic E-state index is 13.1. The zero-order valence-electron chi connectivity index (χ0n) is 14.7. The van der Waals surface area contributed by atoms with E-state index in [4.69, 9.17) is 21.1 Å². The minimum absolute atomic E-state index is 0.0485. The van der Waals surface area contributed by atoms with E-state index in [1.54, 1.807) is 12.1 Å². The SMILES string of the molecule is CN1CCN(C(=O)c2cc(Cl)c3c(c2)OCCCO3)Cc2ccccc21. The summed E-state index contributed by atoms with van der Waals surface area (Å²) in [6.07, 6.45) is 0.795. The summed E-state index contributed by atoms with van der Waals surface area (Å²) in [6.45, 7) is 3.13. The molecule has 26 heavy (non-hydrogen) atoms. The van der Waals surface area contributed by atoms with Crippen LogP contribution in [0.25, 0.3) is 0 Å². The number of likely N-dealkylation sites (N-methyl/N-ethyl adjacent to an activating group) is 1. The number of anilines is 1. The molecule has 1 amide bonds. The molecule has 0 radical (unpaired) electrons. The number of amides is 1. The highest BCUT2D eigenvalue weighted by Crippen LogP contribution is 2.38. The van der Waals surface area contributed by atoms with E-state index < -0.39 is 0 Å². The zero-order chi connectivity index (χ0) is 18.1. The Bertz CT molecular complexity index is 840. The second-order valence-electron chi connectivity index (χ2n) is 6.61. The van der Waals surface area contributed by atoms with Gasteiger partial charge in [-0.3, -0.25) is 4.79 Å². The first-order valence-electron chi connectivity index (χ1n) is 8.81. The van der Waals surface area contributed by atoms with E-state index in [2.05, 4.69) is 24.1 Å². The van der Waals surface area contributed by atoms with Gasteiger partial charge in [0.25, 0.3) is 5.91 Å². The molecule has 0 aromatic heterocycles. The lowest BCUT2D eigenvalue weighted by Crippen LogP contribution is -2.34. The smallest absolute Gasteiger partial charge is 0.254 e. The van der Waals surface area contributed by atoms with Crippen LogP contribution in [0.4, 0.5) is 5.69 Å². The van der Waals surface area contributed by atoms with Crippen LogP contribution in [0, 0.1) is 0 Å². The average molecular weight is 373 g/mol. The minimum Gasteiger partial charge on any atom is -0.489 e. The number of hydrogen-bond donors (Lipinski definition) is 0. The van der Waals surface area contributed by atoms with Gasteiger partial charge in [-0.05, 0) is 23.8 Å². The Kier molecular flexibility index (Phi) is 4.64. The lowest BCUT2D eigenvalue weighted by Gasteiger charge is -2.22. The second kappa shape index (κ2) is 7.08. The molecular weight excluding hydrogens is 352 g/mol. The fourth-order valence-electron chi connectivity index (χ4n) is 3.40. The Hall–Kier alpha value is -2.40. The summed E-state index contributed by atoms with van der Waals surface area (Å²) in [4.78, 5) is 17.2. The van der Waals surface area contributed by atoms with Crippen molar-refractivity contribution < 1.29 is 14.3 Å². The van der Waals surface area contributed by atoms with Gasteiger partial charge in [-0.25, -0.2) is 0 Å². The fraction of sp³-hybridized carbons (Fsp3) is 0.350. The molecule has 0 fully saturated rings. The summed E-state index contributed by atoms with van der Waals surface area (Å²) < 4.78 is 11.4. The number of carbonyl (C=O) groups excluding carboxylic acids is 1. The first kappa shape index (κ1) is 17.0. The van der Waals surface area contributed by atoms with Gasteiger partial charge in [-0.2, -0.15) is 0 Å². The van der Waals surface area contributed by atoms with E-state index in [-0.39, 0.29) is 5.91 Å². The largest absolute Gasteiger partial charge is 0.489 e. The minimum atomic E-state index is -0.0485. The molecule has 0 unspecified atom stereocenters. The van der Waals surface area contributed by atoms with Gasteiger partial charge in [-0.1, -0.05) is 29.8 Å². The van der Waals surface area contributed by atoms with Crippen LogP contribution in [-0.2, 0) is 6.54 Å². The van der Waals surface area contributed by atoms with Gasteiger partial charge in [0.15, 0.2) is 11.5 Å². The van der Waals surface area contributed by atoms with E-state index in [1.807, 2.05) is 17.0 Å². The predicted molar refractivity (Wildman–Crippen MR) is 102 cm³/mol. The number of hydrogen-bond acceptors (Lipinski definition) is 4. The average Bonchev–Trinajstić information content (AvgIpc) is 2.98. The van der Waals surface area contributed by atoms with Crippen molar-refractivity contribution in [2.45, 2.75) is 13.0 Å². The second-order valence-corrected chi connectivity index (χ2v) is 7.02. The van der Waals surface area contributed by atoms with E-state index in [1.165, 1.54) is 5.69 Å². The van der Waals surface area contributed by atoms with Gasteiger partial charge < -0.3 is 19.3 Å². The van der Waals surface area contributed by atoms with E-state index in [0.717, 1.165) is 18.5 Å². The van der Waals surface area contributed by atoms with Crippen LogP contribution in [0.5, 0.6) is 11.5 Å². The molecule has 0 atom stereocenters. The van der Waals surface area contributed by atoms with Crippen molar-refractivity contribution in [2.75, 3.05) is 38.3 Å². The van der Waals surface area contributed by atoms with Crippen molar-refractivity contribution in [2.24, 2.45) is 0 Å². The Morgan fingerprint density at radius 2 is 1.92 bits per heavy atom. The van der Waals surface area contributed by atoms with Crippen molar-refractivity contribution in [3.8, 4) is 11.5 Å². The van der Waals surface area contributed by atoms with Crippen LogP contribution in [0.15, 0.2) is 36.4 Å². The van der Waals surface area contributed by atoms with Crippen molar-refractivity contribution in [1.82, 2.24) is 4.90 Å². The molecule has 2 heterocycles.